The number of fused-ring (bicyclic) bond motifs is 1. The number of ether oxygens (including phenoxy) is 3. The highest BCUT2D eigenvalue weighted by Gasteiger charge is 2.30. The van der Waals surface area contributed by atoms with Crippen LogP contribution in [0.25, 0.3) is 0 Å². The average Bonchev–Trinajstić information content (AvgIpc) is 3.11. The molecule has 0 radical (unpaired) electrons. The molecule has 3 rings (SSSR count). The number of hydrogen-bond acceptors (Lipinski definition) is 4. The maximum Gasteiger partial charge on any atom is 0.416 e. The fraction of sp³-hybridized carbons (Fsp3) is 0.316. The standard InChI is InChI=1S/C19H18F3NO4/c1-2-15(27-14-6-7-16-17(9-14)26-11-25-16)18(24)23-10-12-4-3-5-13(8-12)19(20,21)22/h3-9,15H,2,10-11H2,1H3,(H,23,24). The molecule has 1 heterocycles. The Morgan fingerprint density at radius 2 is 1.96 bits per heavy atom. The van der Waals surface area contributed by atoms with Crippen LogP contribution in [0.3, 0.4) is 0 Å². The molecular formula is C19H18F3NO4. The van der Waals surface area contributed by atoms with Gasteiger partial charge in [0.15, 0.2) is 17.6 Å². The van der Waals surface area contributed by atoms with Gasteiger partial charge in [-0.3, -0.25) is 4.79 Å². The van der Waals surface area contributed by atoms with E-state index in [1.54, 1.807) is 25.1 Å². The second-order valence-corrected chi connectivity index (χ2v) is 5.95. The van der Waals surface area contributed by atoms with Gasteiger partial charge in [0, 0.05) is 12.6 Å². The summed E-state index contributed by atoms with van der Waals surface area (Å²) in [5, 5.41) is 2.61. The number of hydrogen-bond donors (Lipinski definition) is 1. The normalized spacial score (nSPS) is 13.9. The molecule has 144 valence electrons. The Bertz CT molecular complexity index is 823. The van der Waals surface area contributed by atoms with E-state index in [9.17, 15) is 18.0 Å². The van der Waals surface area contributed by atoms with Crippen LogP contribution in [0.15, 0.2) is 42.5 Å². The lowest BCUT2D eigenvalue weighted by Gasteiger charge is -2.18. The topological polar surface area (TPSA) is 56.8 Å². The number of halogens is 3. The monoisotopic (exact) mass is 381 g/mol. The maximum absolute atomic E-state index is 12.8. The Balaban J connectivity index is 1.60. The van der Waals surface area contributed by atoms with E-state index in [4.69, 9.17) is 14.2 Å². The summed E-state index contributed by atoms with van der Waals surface area (Å²) in [6.07, 6.45) is -4.81. The van der Waals surface area contributed by atoms with Crippen molar-refractivity contribution in [2.24, 2.45) is 0 Å². The van der Waals surface area contributed by atoms with E-state index in [0.717, 1.165) is 12.1 Å². The fourth-order valence-electron chi connectivity index (χ4n) is 2.60. The molecule has 1 atom stereocenters. The van der Waals surface area contributed by atoms with Gasteiger partial charge in [-0.1, -0.05) is 19.1 Å². The Kier molecular flexibility index (Phi) is 5.43. The van der Waals surface area contributed by atoms with E-state index < -0.39 is 23.8 Å². The first-order valence-electron chi connectivity index (χ1n) is 8.37. The number of rotatable bonds is 6. The molecule has 1 aliphatic heterocycles. The van der Waals surface area contributed by atoms with Crippen molar-refractivity contribution < 1.29 is 32.2 Å². The lowest BCUT2D eigenvalue weighted by Crippen LogP contribution is -2.37. The molecule has 1 aliphatic rings. The van der Waals surface area contributed by atoms with Crippen molar-refractivity contribution >= 4 is 5.91 Å². The van der Waals surface area contributed by atoms with Gasteiger partial charge in [-0.05, 0) is 36.2 Å². The molecule has 0 fully saturated rings. The molecule has 1 N–H and O–H groups in total. The zero-order valence-corrected chi connectivity index (χ0v) is 14.5. The van der Waals surface area contributed by atoms with Gasteiger partial charge >= 0.3 is 6.18 Å². The SMILES string of the molecule is CCC(Oc1ccc2c(c1)OCO2)C(=O)NCc1cccc(C(F)(F)F)c1. The molecule has 0 bridgehead atoms. The second-order valence-electron chi connectivity index (χ2n) is 5.95. The van der Waals surface area contributed by atoms with Crippen molar-refractivity contribution in [3.05, 3.63) is 53.6 Å². The first-order chi connectivity index (χ1) is 12.9. The van der Waals surface area contributed by atoms with Crippen LogP contribution in [0.2, 0.25) is 0 Å². The molecule has 0 aliphatic carbocycles. The third-order valence-electron chi connectivity index (χ3n) is 4.01. The number of carbonyl (C=O) groups is 1. The van der Waals surface area contributed by atoms with Crippen molar-refractivity contribution in [1.82, 2.24) is 5.32 Å². The minimum atomic E-state index is -4.42. The van der Waals surface area contributed by atoms with Crippen LogP contribution in [0.4, 0.5) is 13.2 Å². The smallest absolute Gasteiger partial charge is 0.416 e. The third-order valence-corrected chi connectivity index (χ3v) is 4.01. The van der Waals surface area contributed by atoms with Gasteiger partial charge in [0.1, 0.15) is 5.75 Å². The van der Waals surface area contributed by atoms with Gasteiger partial charge in [0.25, 0.3) is 5.91 Å². The quantitative estimate of drug-likeness (QED) is 0.824. The Hall–Kier alpha value is -2.90. The molecule has 1 amide bonds. The van der Waals surface area contributed by atoms with Crippen molar-refractivity contribution in [3.63, 3.8) is 0 Å². The van der Waals surface area contributed by atoms with Crippen LogP contribution >= 0.6 is 0 Å². The lowest BCUT2D eigenvalue weighted by molar-refractivity contribution is -0.137. The predicted octanol–water partition coefficient (Wildman–Crippen LogP) is 3.91. The predicted molar refractivity (Wildman–Crippen MR) is 90.6 cm³/mol. The summed E-state index contributed by atoms with van der Waals surface area (Å²) in [6.45, 7) is 1.89. The van der Waals surface area contributed by atoms with Gasteiger partial charge in [-0.2, -0.15) is 13.2 Å². The van der Waals surface area contributed by atoms with Crippen LogP contribution in [-0.2, 0) is 17.5 Å². The van der Waals surface area contributed by atoms with E-state index in [-0.39, 0.29) is 13.3 Å². The molecule has 5 nitrogen and oxygen atoms in total. The van der Waals surface area contributed by atoms with Crippen LogP contribution in [0.5, 0.6) is 17.2 Å². The molecule has 0 saturated heterocycles. The van der Waals surface area contributed by atoms with Crippen LogP contribution in [0, 0.1) is 0 Å². The van der Waals surface area contributed by atoms with E-state index in [1.807, 2.05) is 0 Å². The van der Waals surface area contributed by atoms with Gasteiger partial charge in [-0.15, -0.1) is 0 Å². The van der Waals surface area contributed by atoms with Gasteiger partial charge in [0.05, 0.1) is 5.56 Å². The van der Waals surface area contributed by atoms with Gasteiger partial charge in [-0.25, -0.2) is 0 Å². The number of carbonyl (C=O) groups excluding carboxylic acids is 1. The van der Waals surface area contributed by atoms with E-state index >= 15 is 0 Å². The van der Waals surface area contributed by atoms with Gasteiger partial charge < -0.3 is 19.5 Å². The Labute approximate surface area is 154 Å². The van der Waals surface area contributed by atoms with Crippen LogP contribution < -0.4 is 19.5 Å². The average molecular weight is 381 g/mol. The van der Waals surface area contributed by atoms with E-state index in [2.05, 4.69) is 5.32 Å². The highest BCUT2D eigenvalue weighted by atomic mass is 19.4. The van der Waals surface area contributed by atoms with Crippen molar-refractivity contribution in [2.75, 3.05) is 6.79 Å². The zero-order valence-electron chi connectivity index (χ0n) is 14.5. The van der Waals surface area contributed by atoms with Crippen LogP contribution in [-0.4, -0.2) is 18.8 Å². The minimum absolute atomic E-state index is 0.0241. The molecule has 0 saturated carbocycles. The highest BCUT2D eigenvalue weighted by molar-refractivity contribution is 5.81. The fourth-order valence-corrected chi connectivity index (χ4v) is 2.60. The molecule has 8 heteroatoms. The van der Waals surface area contributed by atoms with E-state index in [0.29, 0.717) is 29.2 Å². The molecule has 27 heavy (non-hydrogen) atoms. The summed E-state index contributed by atoms with van der Waals surface area (Å²) in [5.41, 5.74) is -0.394. The second kappa shape index (κ2) is 7.77. The molecule has 0 spiro atoms. The van der Waals surface area contributed by atoms with Crippen molar-refractivity contribution in [2.45, 2.75) is 32.2 Å². The number of amides is 1. The molecule has 2 aromatic rings. The summed E-state index contributed by atoms with van der Waals surface area (Å²) in [5.74, 6) is 1.17. The first kappa shape index (κ1) is 18.9. The number of nitrogens with one attached hydrogen (secondary N) is 1. The van der Waals surface area contributed by atoms with E-state index in [1.165, 1.54) is 12.1 Å². The summed E-state index contributed by atoms with van der Waals surface area (Å²) < 4.78 is 54.4. The van der Waals surface area contributed by atoms with Crippen LogP contribution in [0.1, 0.15) is 24.5 Å². The Morgan fingerprint density at radius 1 is 1.19 bits per heavy atom. The number of benzene rings is 2. The summed E-state index contributed by atoms with van der Waals surface area (Å²) in [4.78, 5) is 12.4. The first-order valence-corrected chi connectivity index (χ1v) is 8.37. The number of alkyl halides is 3. The minimum Gasteiger partial charge on any atom is -0.480 e. The Morgan fingerprint density at radius 3 is 2.70 bits per heavy atom. The lowest BCUT2D eigenvalue weighted by atomic mass is 10.1. The summed E-state index contributed by atoms with van der Waals surface area (Å²) >= 11 is 0. The zero-order chi connectivity index (χ0) is 19.4. The van der Waals surface area contributed by atoms with Crippen molar-refractivity contribution in [3.8, 4) is 17.2 Å². The molecule has 0 aromatic heterocycles. The maximum atomic E-state index is 12.8. The highest BCUT2D eigenvalue weighted by Crippen LogP contribution is 2.35. The summed E-state index contributed by atoms with van der Waals surface area (Å²) in [7, 11) is 0. The van der Waals surface area contributed by atoms with Gasteiger partial charge in [0.2, 0.25) is 6.79 Å². The molecule has 1 unspecified atom stereocenters. The third kappa shape index (κ3) is 4.64. The largest absolute Gasteiger partial charge is 0.480 e. The molecule has 2 aromatic carbocycles. The molecular weight excluding hydrogens is 363 g/mol. The van der Waals surface area contributed by atoms with Crippen molar-refractivity contribution in [1.29, 1.82) is 0 Å². The summed E-state index contributed by atoms with van der Waals surface area (Å²) in [6, 6.07) is 9.81.